The molecule has 1 aromatic heterocycles. The summed E-state index contributed by atoms with van der Waals surface area (Å²) in [6.07, 6.45) is 2.52. The third-order valence-electron chi connectivity index (χ3n) is 4.73. The van der Waals surface area contributed by atoms with Crippen molar-refractivity contribution >= 4 is 11.7 Å². The number of hydrogen-bond donors (Lipinski definition) is 1. The van der Waals surface area contributed by atoms with Crippen LogP contribution in [0.3, 0.4) is 0 Å². The number of amides is 1. The lowest BCUT2D eigenvalue weighted by atomic mass is 10.1. The molecule has 32 heavy (non-hydrogen) atoms. The van der Waals surface area contributed by atoms with Gasteiger partial charge in [0.1, 0.15) is 5.82 Å². The van der Waals surface area contributed by atoms with Crippen LogP contribution in [0.15, 0.2) is 48.7 Å². The van der Waals surface area contributed by atoms with E-state index < -0.39 is 0 Å². The van der Waals surface area contributed by atoms with Crippen molar-refractivity contribution in [2.75, 3.05) is 32.8 Å². The SMILES string of the molecule is CCCOc1ccc(C(=O)Nc2ccnn2Cc2cccc(OC)c2OC)cc1OCC. The molecule has 3 aromatic rings. The number of benzene rings is 2. The Balaban J connectivity index is 1.79. The third kappa shape index (κ3) is 5.32. The van der Waals surface area contributed by atoms with E-state index in [1.807, 2.05) is 32.0 Å². The number of carbonyl (C=O) groups excluding carboxylic acids is 1. The molecule has 0 bridgehead atoms. The van der Waals surface area contributed by atoms with Crippen LogP contribution in [0.5, 0.6) is 23.0 Å². The number of nitrogens with one attached hydrogen (secondary N) is 1. The van der Waals surface area contributed by atoms with E-state index in [0.29, 0.717) is 54.1 Å². The number of hydrogen-bond acceptors (Lipinski definition) is 6. The smallest absolute Gasteiger partial charge is 0.256 e. The molecule has 0 unspecified atom stereocenters. The number of anilines is 1. The van der Waals surface area contributed by atoms with Gasteiger partial charge >= 0.3 is 0 Å². The monoisotopic (exact) mass is 439 g/mol. The summed E-state index contributed by atoms with van der Waals surface area (Å²) in [5, 5.41) is 7.26. The minimum atomic E-state index is -0.271. The minimum Gasteiger partial charge on any atom is -0.493 e. The molecular weight excluding hydrogens is 410 g/mol. The second-order valence-corrected chi connectivity index (χ2v) is 6.92. The van der Waals surface area contributed by atoms with E-state index in [2.05, 4.69) is 10.4 Å². The maximum atomic E-state index is 12.9. The number of para-hydroxylation sites is 1. The van der Waals surface area contributed by atoms with Gasteiger partial charge in [0.05, 0.1) is 40.2 Å². The highest BCUT2D eigenvalue weighted by Crippen LogP contribution is 2.32. The van der Waals surface area contributed by atoms with Crippen molar-refractivity contribution in [1.82, 2.24) is 9.78 Å². The highest BCUT2D eigenvalue weighted by molar-refractivity contribution is 6.04. The fraction of sp³-hybridized carbons (Fsp3) is 0.333. The van der Waals surface area contributed by atoms with Gasteiger partial charge in [0.15, 0.2) is 23.0 Å². The molecule has 1 heterocycles. The Morgan fingerprint density at radius 3 is 2.56 bits per heavy atom. The van der Waals surface area contributed by atoms with Crippen molar-refractivity contribution in [2.24, 2.45) is 0 Å². The molecular formula is C24H29N3O5. The van der Waals surface area contributed by atoms with Gasteiger partial charge in [-0.05, 0) is 37.6 Å². The first-order valence-corrected chi connectivity index (χ1v) is 10.5. The molecule has 0 fully saturated rings. The first kappa shape index (κ1) is 23.0. The summed E-state index contributed by atoms with van der Waals surface area (Å²) >= 11 is 0. The first-order valence-electron chi connectivity index (χ1n) is 10.5. The van der Waals surface area contributed by atoms with E-state index in [1.54, 1.807) is 49.4 Å². The Kier molecular flexibility index (Phi) is 7.96. The highest BCUT2D eigenvalue weighted by Gasteiger charge is 2.16. The molecule has 0 aliphatic heterocycles. The fourth-order valence-electron chi connectivity index (χ4n) is 3.24. The molecule has 0 aliphatic carbocycles. The average molecular weight is 440 g/mol. The summed E-state index contributed by atoms with van der Waals surface area (Å²) in [5.74, 6) is 2.73. The lowest BCUT2D eigenvalue weighted by Crippen LogP contribution is -2.16. The molecule has 0 saturated carbocycles. The van der Waals surface area contributed by atoms with Crippen LogP contribution in [0.2, 0.25) is 0 Å². The van der Waals surface area contributed by atoms with E-state index >= 15 is 0 Å². The van der Waals surface area contributed by atoms with Crippen LogP contribution < -0.4 is 24.3 Å². The molecule has 0 atom stereocenters. The van der Waals surface area contributed by atoms with Crippen molar-refractivity contribution in [1.29, 1.82) is 0 Å². The van der Waals surface area contributed by atoms with Gasteiger partial charge in [-0.2, -0.15) is 5.10 Å². The topological polar surface area (TPSA) is 83.8 Å². The lowest BCUT2D eigenvalue weighted by molar-refractivity contribution is 0.102. The van der Waals surface area contributed by atoms with Crippen LogP contribution in [0, 0.1) is 0 Å². The molecule has 3 rings (SSSR count). The lowest BCUT2D eigenvalue weighted by Gasteiger charge is -2.15. The predicted molar refractivity (Wildman–Crippen MR) is 122 cm³/mol. The van der Waals surface area contributed by atoms with Gasteiger partial charge in [-0.25, -0.2) is 4.68 Å². The van der Waals surface area contributed by atoms with E-state index in [1.165, 1.54) is 0 Å². The van der Waals surface area contributed by atoms with Crippen LogP contribution in [0.1, 0.15) is 36.2 Å². The van der Waals surface area contributed by atoms with E-state index in [0.717, 1.165) is 12.0 Å². The maximum Gasteiger partial charge on any atom is 0.256 e. The van der Waals surface area contributed by atoms with Gasteiger partial charge in [-0.3, -0.25) is 4.79 Å². The van der Waals surface area contributed by atoms with Crippen molar-refractivity contribution in [3.05, 3.63) is 59.8 Å². The van der Waals surface area contributed by atoms with Gasteiger partial charge in [0, 0.05) is 17.2 Å². The van der Waals surface area contributed by atoms with Crippen molar-refractivity contribution in [3.8, 4) is 23.0 Å². The van der Waals surface area contributed by atoms with Gasteiger partial charge in [-0.1, -0.05) is 19.1 Å². The molecule has 0 spiro atoms. The van der Waals surface area contributed by atoms with E-state index in [-0.39, 0.29) is 5.91 Å². The molecule has 0 aliphatic rings. The Hall–Kier alpha value is -3.68. The number of methoxy groups -OCH3 is 2. The predicted octanol–water partition coefficient (Wildman–Crippen LogP) is 4.39. The van der Waals surface area contributed by atoms with Gasteiger partial charge in [-0.15, -0.1) is 0 Å². The van der Waals surface area contributed by atoms with Gasteiger partial charge in [0.2, 0.25) is 0 Å². The van der Waals surface area contributed by atoms with Crippen LogP contribution in [-0.2, 0) is 6.54 Å². The normalized spacial score (nSPS) is 10.5. The van der Waals surface area contributed by atoms with E-state index in [4.69, 9.17) is 18.9 Å². The molecule has 8 heteroatoms. The second-order valence-electron chi connectivity index (χ2n) is 6.92. The summed E-state index contributed by atoms with van der Waals surface area (Å²) in [4.78, 5) is 12.9. The number of nitrogens with zero attached hydrogens (tertiary/aromatic N) is 2. The standard InChI is InChI=1S/C24H29N3O5/c1-5-14-32-19-11-10-17(15-21(19)31-6-2)24(28)26-22-12-13-25-27(22)16-18-8-7-9-20(29-3)23(18)30-4/h7-13,15H,5-6,14,16H2,1-4H3,(H,26,28). The number of aromatic nitrogens is 2. The van der Waals surface area contributed by atoms with Gasteiger partial charge < -0.3 is 24.3 Å². The van der Waals surface area contributed by atoms with Crippen molar-refractivity contribution < 1.29 is 23.7 Å². The zero-order valence-electron chi connectivity index (χ0n) is 18.9. The second kappa shape index (κ2) is 11.1. The summed E-state index contributed by atoms with van der Waals surface area (Å²) in [6.45, 7) is 5.38. The molecule has 8 nitrogen and oxygen atoms in total. The third-order valence-corrected chi connectivity index (χ3v) is 4.73. The van der Waals surface area contributed by atoms with Crippen LogP contribution in [0.4, 0.5) is 5.82 Å². The quantitative estimate of drug-likeness (QED) is 0.477. The number of carbonyl (C=O) groups is 1. The minimum absolute atomic E-state index is 0.271. The Morgan fingerprint density at radius 2 is 1.84 bits per heavy atom. The number of rotatable bonds is 11. The molecule has 2 aromatic carbocycles. The van der Waals surface area contributed by atoms with Gasteiger partial charge in [0.25, 0.3) is 5.91 Å². The number of ether oxygens (including phenoxy) is 4. The molecule has 170 valence electrons. The molecule has 1 N–H and O–H groups in total. The Bertz CT molecular complexity index is 1050. The zero-order chi connectivity index (χ0) is 22.9. The zero-order valence-corrected chi connectivity index (χ0v) is 18.9. The summed E-state index contributed by atoms with van der Waals surface area (Å²) < 4.78 is 23.9. The highest BCUT2D eigenvalue weighted by atomic mass is 16.5. The first-order chi connectivity index (χ1) is 15.6. The molecule has 1 amide bonds. The van der Waals surface area contributed by atoms with Crippen LogP contribution in [0.25, 0.3) is 0 Å². The fourth-order valence-corrected chi connectivity index (χ4v) is 3.24. The van der Waals surface area contributed by atoms with Crippen molar-refractivity contribution in [2.45, 2.75) is 26.8 Å². The maximum absolute atomic E-state index is 12.9. The molecule has 0 saturated heterocycles. The van der Waals surface area contributed by atoms with E-state index in [9.17, 15) is 4.79 Å². The largest absolute Gasteiger partial charge is 0.493 e. The summed E-state index contributed by atoms with van der Waals surface area (Å²) in [7, 11) is 3.19. The molecule has 0 radical (unpaired) electrons. The Morgan fingerprint density at radius 1 is 1.00 bits per heavy atom. The Labute approximate surface area is 188 Å². The summed E-state index contributed by atoms with van der Waals surface area (Å²) in [5.41, 5.74) is 1.34. The average Bonchev–Trinajstić information content (AvgIpc) is 3.24. The summed E-state index contributed by atoms with van der Waals surface area (Å²) in [6, 6.07) is 12.6. The van der Waals surface area contributed by atoms with Crippen LogP contribution in [-0.4, -0.2) is 43.1 Å². The van der Waals surface area contributed by atoms with Crippen LogP contribution >= 0.6 is 0 Å². The van der Waals surface area contributed by atoms with Crippen molar-refractivity contribution in [3.63, 3.8) is 0 Å².